The van der Waals surface area contributed by atoms with E-state index in [1.54, 1.807) is 0 Å². The van der Waals surface area contributed by atoms with E-state index < -0.39 is 0 Å². The van der Waals surface area contributed by atoms with Gasteiger partial charge in [0.2, 0.25) is 0 Å². The summed E-state index contributed by atoms with van der Waals surface area (Å²) in [5.74, 6) is 1.99. The Morgan fingerprint density at radius 1 is 1.64 bits per heavy atom. The summed E-state index contributed by atoms with van der Waals surface area (Å²) in [6, 6.07) is 0. The number of rotatable bonds is 5. The molecular formula is C8H17NOS. The summed E-state index contributed by atoms with van der Waals surface area (Å²) in [4.78, 5) is 0. The van der Waals surface area contributed by atoms with Gasteiger partial charge < -0.3 is 10.1 Å². The molecule has 0 aromatic rings. The van der Waals surface area contributed by atoms with Gasteiger partial charge in [-0.25, -0.2) is 0 Å². The number of hydrogen-bond acceptors (Lipinski definition) is 3. The quantitative estimate of drug-likeness (QED) is 0.629. The van der Waals surface area contributed by atoms with Crippen LogP contribution in [0.3, 0.4) is 0 Å². The third-order valence-corrected chi connectivity index (χ3v) is 2.55. The Morgan fingerprint density at radius 2 is 2.55 bits per heavy atom. The molecule has 0 aliphatic carbocycles. The van der Waals surface area contributed by atoms with Crippen LogP contribution in [0, 0.1) is 5.92 Å². The first-order valence-electron chi connectivity index (χ1n) is 4.21. The van der Waals surface area contributed by atoms with Crippen LogP contribution in [-0.2, 0) is 4.74 Å². The molecule has 0 amide bonds. The van der Waals surface area contributed by atoms with E-state index in [0.717, 1.165) is 32.2 Å². The van der Waals surface area contributed by atoms with Crippen molar-refractivity contribution in [2.75, 3.05) is 38.3 Å². The highest BCUT2D eigenvalue weighted by molar-refractivity contribution is 7.98. The van der Waals surface area contributed by atoms with Crippen molar-refractivity contribution in [2.45, 2.75) is 6.42 Å². The molecule has 1 heterocycles. The van der Waals surface area contributed by atoms with Gasteiger partial charge >= 0.3 is 0 Å². The lowest BCUT2D eigenvalue weighted by Gasteiger charge is -2.07. The lowest BCUT2D eigenvalue weighted by atomic mass is 10.1. The first-order valence-corrected chi connectivity index (χ1v) is 5.60. The maximum absolute atomic E-state index is 5.27. The molecule has 1 aliphatic rings. The zero-order valence-corrected chi connectivity index (χ0v) is 7.95. The van der Waals surface area contributed by atoms with Crippen molar-refractivity contribution in [3.8, 4) is 0 Å². The average Bonchev–Trinajstić information content (AvgIpc) is 2.50. The summed E-state index contributed by atoms with van der Waals surface area (Å²) in [5, 5.41) is 3.43. The molecule has 0 saturated carbocycles. The topological polar surface area (TPSA) is 21.3 Å². The molecule has 2 nitrogen and oxygen atoms in total. The van der Waals surface area contributed by atoms with E-state index in [2.05, 4.69) is 11.6 Å². The van der Waals surface area contributed by atoms with Crippen LogP contribution < -0.4 is 5.32 Å². The van der Waals surface area contributed by atoms with Gasteiger partial charge in [-0.15, -0.1) is 0 Å². The van der Waals surface area contributed by atoms with Crippen molar-refractivity contribution in [1.82, 2.24) is 5.32 Å². The summed E-state index contributed by atoms with van der Waals surface area (Å²) in [6.45, 7) is 4.21. The fourth-order valence-electron chi connectivity index (χ4n) is 1.22. The highest BCUT2D eigenvalue weighted by atomic mass is 32.2. The fraction of sp³-hybridized carbons (Fsp3) is 1.00. The first-order chi connectivity index (χ1) is 5.43. The van der Waals surface area contributed by atoms with Gasteiger partial charge in [-0.3, -0.25) is 0 Å². The van der Waals surface area contributed by atoms with Crippen LogP contribution >= 0.6 is 11.8 Å². The van der Waals surface area contributed by atoms with Gasteiger partial charge in [-0.2, -0.15) is 11.8 Å². The monoisotopic (exact) mass is 175 g/mol. The second-order valence-electron chi connectivity index (χ2n) is 2.93. The Balaban J connectivity index is 1.86. The molecule has 1 rings (SSSR count). The van der Waals surface area contributed by atoms with Gasteiger partial charge in [0.25, 0.3) is 0 Å². The molecule has 1 unspecified atom stereocenters. The van der Waals surface area contributed by atoms with E-state index in [9.17, 15) is 0 Å². The largest absolute Gasteiger partial charge is 0.381 e. The van der Waals surface area contributed by atoms with E-state index in [0.29, 0.717) is 0 Å². The van der Waals surface area contributed by atoms with Gasteiger partial charge in [-0.1, -0.05) is 0 Å². The van der Waals surface area contributed by atoms with Gasteiger partial charge in [0, 0.05) is 25.4 Å². The smallest absolute Gasteiger partial charge is 0.0507 e. The molecule has 0 radical (unpaired) electrons. The maximum Gasteiger partial charge on any atom is 0.0507 e. The third-order valence-electron chi connectivity index (χ3n) is 1.94. The Hall–Kier alpha value is 0.270. The first kappa shape index (κ1) is 9.36. The number of hydrogen-bond donors (Lipinski definition) is 1. The molecule has 11 heavy (non-hydrogen) atoms. The summed E-state index contributed by atoms with van der Waals surface area (Å²) in [5.41, 5.74) is 0. The van der Waals surface area contributed by atoms with Crippen LogP contribution in [0.4, 0.5) is 0 Å². The molecular weight excluding hydrogens is 158 g/mol. The molecule has 0 spiro atoms. The van der Waals surface area contributed by atoms with E-state index in [1.807, 2.05) is 11.8 Å². The Bertz CT molecular complexity index is 94.1. The molecule has 0 aromatic carbocycles. The van der Waals surface area contributed by atoms with E-state index in [4.69, 9.17) is 4.74 Å². The molecule has 1 atom stereocenters. The van der Waals surface area contributed by atoms with Gasteiger partial charge in [0.1, 0.15) is 0 Å². The normalized spacial score (nSPS) is 24.3. The molecule has 1 saturated heterocycles. The van der Waals surface area contributed by atoms with E-state index in [1.165, 1.54) is 12.2 Å². The van der Waals surface area contributed by atoms with Crippen LogP contribution in [0.15, 0.2) is 0 Å². The van der Waals surface area contributed by atoms with Gasteiger partial charge in [0.05, 0.1) is 6.61 Å². The summed E-state index contributed by atoms with van der Waals surface area (Å²) in [6.07, 6.45) is 3.38. The molecule has 1 aliphatic heterocycles. The number of ether oxygens (including phenoxy) is 1. The number of nitrogens with one attached hydrogen (secondary N) is 1. The van der Waals surface area contributed by atoms with Gasteiger partial charge in [-0.05, 0) is 18.6 Å². The highest BCUT2D eigenvalue weighted by Gasteiger charge is 2.14. The van der Waals surface area contributed by atoms with Crippen LogP contribution in [0.5, 0.6) is 0 Å². The molecule has 0 bridgehead atoms. The van der Waals surface area contributed by atoms with Crippen molar-refractivity contribution >= 4 is 11.8 Å². The summed E-state index contributed by atoms with van der Waals surface area (Å²) < 4.78 is 5.27. The van der Waals surface area contributed by atoms with E-state index in [-0.39, 0.29) is 0 Å². The third kappa shape index (κ3) is 3.99. The zero-order valence-electron chi connectivity index (χ0n) is 7.14. The van der Waals surface area contributed by atoms with Crippen LogP contribution in [-0.4, -0.2) is 38.3 Å². The molecule has 3 heteroatoms. The van der Waals surface area contributed by atoms with Gasteiger partial charge in [0.15, 0.2) is 0 Å². The second-order valence-corrected chi connectivity index (χ2v) is 3.91. The van der Waals surface area contributed by atoms with Crippen molar-refractivity contribution in [3.63, 3.8) is 0 Å². The zero-order chi connectivity index (χ0) is 7.94. The lowest BCUT2D eigenvalue weighted by Crippen LogP contribution is -2.25. The standard InChI is InChI=1S/C8H17NOS/c1-11-5-3-9-6-8-2-4-10-7-8/h8-9H,2-7H2,1H3. The van der Waals surface area contributed by atoms with Crippen molar-refractivity contribution in [1.29, 1.82) is 0 Å². The van der Waals surface area contributed by atoms with Crippen LogP contribution in [0.1, 0.15) is 6.42 Å². The maximum atomic E-state index is 5.27. The molecule has 66 valence electrons. The van der Waals surface area contributed by atoms with Crippen molar-refractivity contribution in [2.24, 2.45) is 5.92 Å². The Morgan fingerprint density at radius 3 is 3.18 bits per heavy atom. The van der Waals surface area contributed by atoms with Crippen LogP contribution in [0.2, 0.25) is 0 Å². The second kappa shape index (κ2) is 5.86. The van der Waals surface area contributed by atoms with Crippen LogP contribution in [0.25, 0.3) is 0 Å². The predicted octanol–water partition coefficient (Wildman–Crippen LogP) is 0.976. The minimum absolute atomic E-state index is 0.775. The minimum Gasteiger partial charge on any atom is -0.381 e. The minimum atomic E-state index is 0.775. The lowest BCUT2D eigenvalue weighted by molar-refractivity contribution is 0.185. The SMILES string of the molecule is CSCCNCC1CCOC1. The van der Waals surface area contributed by atoms with Crippen molar-refractivity contribution in [3.05, 3.63) is 0 Å². The van der Waals surface area contributed by atoms with Crippen molar-refractivity contribution < 1.29 is 4.74 Å². The number of thioether (sulfide) groups is 1. The molecule has 0 aromatic heterocycles. The Labute approximate surface area is 73.1 Å². The summed E-state index contributed by atoms with van der Waals surface area (Å²) in [7, 11) is 0. The average molecular weight is 175 g/mol. The Kier molecular flexibility index (Phi) is 4.99. The molecule has 1 fully saturated rings. The molecule has 1 N–H and O–H groups in total. The predicted molar refractivity (Wildman–Crippen MR) is 50.2 cm³/mol. The van der Waals surface area contributed by atoms with E-state index >= 15 is 0 Å². The summed E-state index contributed by atoms with van der Waals surface area (Å²) >= 11 is 1.89. The highest BCUT2D eigenvalue weighted by Crippen LogP contribution is 2.10. The fourth-order valence-corrected chi connectivity index (χ4v) is 1.57.